The predicted molar refractivity (Wildman–Crippen MR) is 137 cm³/mol. The Bertz CT molecular complexity index is 786. The van der Waals surface area contributed by atoms with Crippen molar-refractivity contribution in [2.45, 2.75) is 90.1 Å². The molecule has 2 N–H and O–H groups in total. The van der Waals surface area contributed by atoms with Crippen molar-refractivity contribution in [2.24, 2.45) is 23.7 Å². The van der Waals surface area contributed by atoms with Crippen molar-refractivity contribution < 1.29 is 9.59 Å². The number of rotatable bonds is 8. The average Bonchev–Trinajstić information content (AvgIpc) is 2.87. The van der Waals surface area contributed by atoms with Gasteiger partial charge in [-0.05, 0) is 87.8 Å². The highest BCUT2D eigenvalue weighted by atomic mass is 16.2. The fourth-order valence-electron chi connectivity index (χ4n) is 6.57. The van der Waals surface area contributed by atoms with Crippen LogP contribution < -0.4 is 10.6 Å². The van der Waals surface area contributed by atoms with Crippen LogP contribution in [-0.4, -0.2) is 48.4 Å². The molecule has 1 aromatic carbocycles. The summed E-state index contributed by atoms with van der Waals surface area (Å²) in [7, 11) is 0. The number of fused-ring (bicyclic) bond motifs is 1. The van der Waals surface area contributed by atoms with E-state index in [9.17, 15) is 9.59 Å². The maximum Gasteiger partial charge on any atom is 0.242 e. The van der Waals surface area contributed by atoms with Crippen molar-refractivity contribution in [3.8, 4) is 0 Å². The Morgan fingerprint density at radius 3 is 2.41 bits per heavy atom. The van der Waals surface area contributed by atoms with E-state index in [-0.39, 0.29) is 17.7 Å². The van der Waals surface area contributed by atoms with Crippen molar-refractivity contribution >= 4 is 11.8 Å². The van der Waals surface area contributed by atoms with Gasteiger partial charge in [0.05, 0.1) is 0 Å². The second kappa shape index (κ2) is 12.2. The van der Waals surface area contributed by atoms with Crippen molar-refractivity contribution in [2.75, 3.05) is 19.6 Å². The summed E-state index contributed by atoms with van der Waals surface area (Å²) in [6.07, 6.45) is 10.9. The van der Waals surface area contributed by atoms with Crippen LogP contribution in [0.2, 0.25) is 0 Å². The number of nitrogens with one attached hydrogen (secondary N) is 2. The summed E-state index contributed by atoms with van der Waals surface area (Å²) in [5.74, 6) is 2.01. The lowest BCUT2D eigenvalue weighted by atomic mass is 9.76. The Morgan fingerprint density at radius 2 is 1.68 bits per heavy atom. The molecule has 2 aliphatic heterocycles. The number of amides is 2. The van der Waals surface area contributed by atoms with Crippen LogP contribution in [0.5, 0.6) is 0 Å². The lowest BCUT2D eigenvalue weighted by Gasteiger charge is -2.44. The predicted octanol–water partition coefficient (Wildman–Crippen LogP) is 4.56. The molecule has 5 heteroatoms. The van der Waals surface area contributed by atoms with Crippen LogP contribution in [0.1, 0.15) is 77.2 Å². The molecule has 2 saturated heterocycles. The van der Waals surface area contributed by atoms with Crippen LogP contribution in [0, 0.1) is 23.7 Å². The van der Waals surface area contributed by atoms with Gasteiger partial charge in [0.25, 0.3) is 0 Å². The Labute approximate surface area is 206 Å². The molecular formula is C29H45N3O2. The fraction of sp³-hybridized carbons (Fsp3) is 0.724. The van der Waals surface area contributed by atoms with E-state index in [0.29, 0.717) is 24.3 Å². The molecule has 2 amide bonds. The molecule has 3 fully saturated rings. The number of hydrogen-bond acceptors (Lipinski definition) is 3. The Kier molecular flexibility index (Phi) is 9.04. The Hall–Kier alpha value is -1.88. The van der Waals surface area contributed by atoms with E-state index < -0.39 is 6.04 Å². The highest BCUT2D eigenvalue weighted by Crippen LogP contribution is 2.33. The van der Waals surface area contributed by atoms with Crippen molar-refractivity contribution in [3.05, 3.63) is 35.9 Å². The second-order valence-corrected chi connectivity index (χ2v) is 11.4. The maximum atomic E-state index is 13.4. The molecular weight excluding hydrogens is 422 g/mol. The third-order valence-corrected chi connectivity index (χ3v) is 8.77. The third kappa shape index (κ3) is 6.62. The van der Waals surface area contributed by atoms with Crippen molar-refractivity contribution in [1.29, 1.82) is 0 Å². The number of carbonyl (C=O) groups excluding carboxylic acids is 2. The number of hydrogen-bond donors (Lipinski definition) is 2. The normalized spacial score (nSPS) is 28.7. The zero-order chi connectivity index (χ0) is 23.9. The van der Waals surface area contributed by atoms with Gasteiger partial charge in [-0.2, -0.15) is 0 Å². The average molecular weight is 468 g/mol. The summed E-state index contributed by atoms with van der Waals surface area (Å²) in [6.45, 7) is 7.71. The van der Waals surface area contributed by atoms with E-state index in [2.05, 4.69) is 29.4 Å². The molecule has 3 unspecified atom stereocenters. The maximum absolute atomic E-state index is 13.4. The first-order valence-electron chi connectivity index (χ1n) is 13.9. The SMILES string of the molecule is CC(C)C1CCC(C(=O)NC(Cc2ccccc2)C(=O)NCC2CCCN3CCCCC23)CC1. The molecule has 1 aliphatic carbocycles. The number of carbonyl (C=O) groups is 2. The zero-order valence-corrected chi connectivity index (χ0v) is 21.3. The highest BCUT2D eigenvalue weighted by molar-refractivity contribution is 5.88. The molecule has 0 aromatic heterocycles. The zero-order valence-electron chi connectivity index (χ0n) is 21.3. The van der Waals surface area contributed by atoms with Gasteiger partial charge in [-0.25, -0.2) is 0 Å². The molecule has 1 aromatic rings. The Balaban J connectivity index is 1.36. The van der Waals surface area contributed by atoms with E-state index in [4.69, 9.17) is 0 Å². The largest absolute Gasteiger partial charge is 0.354 e. The highest BCUT2D eigenvalue weighted by Gasteiger charge is 2.34. The molecule has 4 rings (SSSR count). The molecule has 5 nitrogen and oxygen atoms in total. The van der Waals surface area contributed by atoms with Crippen LogP contribution in [0.4, 0.5) is 0 Å². The van der Waals surface area contributed by atoms with Gasteiger partial charge in [-0.15, -0.1) is 0 Å². The van der Waals surface area contributed by atoms with Gasteiger partial charge in [0.1, 0.15) is 6.04 Å². The second-order valence-electron chi connectivity index (χ2n) is 11.4. The minimum atomic E-state index is -0.510. The van der Waals surface area contributed by atoms with Gasteiger partial charge in [-0.3, -0.25) is 9.59 Å². The van der Waals surface area contributed by atoms with Gasteiger partial charge in [0.15, 0.2) is 0 Å². The lowest BCUT2D eigenvalue weighted by Crippen LogP contribution is -2.54. The summed E-state index contributed by atoms with van der Waals surface area (Å²) < 4.78 is 0. The van der Waals surface area contributed by atoms with E-state index in [0.717, 1.165) is 43.7 Å². The van der Waals surface area contributed by atoms with Crippen LogP contribution in [-0.2, 0) is 16.0 Å². The number of piperidine rings is 2. The van der Waals surface area contributed by atoms with E-state index in [1.807, 2.05) is 30.3 Å². The van der Waals surface area contributed by atoms with Crippen LogP contribution >= 0.6 is 0 Å². The molecule has 2 heterocycles. The molecule has 3 aliphatic rings. The summed E-state index contributed by atoms with van der Waals surface area (Å²) in [5.41, 5.74) is 1.09. The minimum absolute atomic E-state index is 0.0268. The summed E-state index contributed by atoms with van der Waals surface area (Å²) >= 11 is 0. The molecule has 1 saturated carbocycles. The van der Waals surface area contributed by atoms with Crippen LogP contribution in [0.3, 0.4) is 0 Å². The number of benzene rings is 1. The quantitative estimate of drug-likeness (QED) is 0.589. The summed E-state index contributed by atoms with van der Waals surface area (Å²) in [4.78, 5) is 29.2. The van der Waals surface area contributed by atoms with Crippen LogP contribution in [0.25, 0.3) is 0 Å². The van der Waals surface area contributed by atoms with Gasteiger partial charge in [0, 0.05) is 24.9 Å². The van der Waals surface area contributed by atoms with Gasteiger partial charge >= 0.3 is 0 Å². The Morgan fingerprint density at radius 1 is 0.941 bits per heavy atom. The third-order valence-electron chi connectivity index (χ3n) is 8.77. The van der Waals surface area contributed by atoms with E-state index in [1.165, 1.54) is 45.2 Å². The summed E-state index contributed by atoms with van der Waals surface area (Å²) in [5, 5.41) is 6.42. The first-order chi connectivity index (χ1) is 16.5. The molecule has 0 spiro atoms. The van der Waals surface area contributed by atoms with E-state index >= 15 is 0 Å². The van der Waals surface area contributed by atoms with Gasteiger partial charge in [0.2, 0.25) is 11.8 Å². The van der Waals surface area contributed by atoms with Gasteiger partial charge in [-0.1, -0.05) is 50.6 Å². The van der Waals surface area contributed by atoms with Crippen molar-refractivity contribution in [3.63, 3.8) is 0 Å². The topological polar surface area (TPSA) is 61.4 Å². The fourth-order valence-corrected chi connectivity index (χ4v) is 6.57. The van der Waals surface area contributed by atoms with Crippen molar-refractivity contribution in [1.82, 2.24) is 15.5 Å². The molecule has 0 radical (unpaired) electrons. The van der Waals surface area contributed by atoms with E-state index in [1.54, 1.807) is 0 Å². The first-order valence-corrected chi connectivity index (χ1v) is 13.9. The molecule has 188 valence electrons. The summed E-state index contributed by atoms with van der Waals surface area (Å²) in [6, 6.07) is 10.2. The molecule has 3 atom stereocenters. The molecule has 34 heavy (non-hydrogen) atoms. The first kappa shape index (κ1) is 25.2. The molecule has 0 bridgehead atoms. The number of nitrogens with zero attached hydrogens (tertiary/aromatic N) is 1. The minimum Gasteiger partial charge on any atom is -0.354 e. The van der Waals surface area contributed by atoms with Gasteiger partial charge < -0.3 is 15.5 Å². The smallest absolute Gasteiger partial charge is 0.242 e. The van der Waals surface area contributed by atoms with Crippen LogP contribution in [0.15, 0.2) is 30.3 Å². The monoisotopic (exact) mass is 467 g/mol. The standard InChI is InChI=1S/C29H45N3O2/c1-21(2)23-13-15-24(16-14-23)28(33)31-26(19-22-9-4-3-5-10-22)29(34)30-20-25-11-8-18-32-17-7-6-12-27(25)32/h3-5,9-10,21,23-27H,6-8,11-20H2,1-2H3,(H,30,34)(H,31,33). The lowest BCUT2D eigenvalue weighted by molar-refractivity contribution is -0.132.